The molecule has 8 heteroatoms. The number of rotatable bonds is 3. The van der Waals surface area contributed by atoms with Crippen LogP contribution in [0, 0.1) is 0 Å². The molecule has 0 aliphatic carbocycles. The fraction of sp³-hybridized carbons (Fsp3) is 0. The summed E-state index contributed by atoms with van der Waals surface area (Å²) < 4.78 is 26.8. The Balaban J connectivity index is 2.38. The third kappa shape index (κ3) is 3.17. The van der Waals surface area contributed by atoms with Gasteiger partial charge in [-0.25, -0.2) is 13.4 Å². The van der Waals surface area contributed by atoms with Crippen molar-refractivity contribution in [3.8, 4) is 5.75 Å². The maximum Gasteiger partial charge on any atom is 0.263 e. The molecule has 1 aromatic heterocycles. The lowest BCUT2D eigenvalue weighted by Crippen LogP contribution is -2.13. The monoisotopic (exact) mass is 362 g/mol. The summed E-state index contributed by atoms with van der Waals surface area (Å²) >= 11 is 8.81. The van der Waals surface area contributed by atoms with Crippen molar-refractivity contribution in [2.24, 2.45) is 0 Å². The van der Waals surface area contributed by atoms with Crippen LogP contribution in [-0.4, -0.2) is 18.5 Å². The molecule has 2 aromatic rings. The first kappa shape index (κ1) is 14.1. The highest BCUT2D eigenvalue weighted by Gasteiger charge is 2.17. The van der Waals surface area contributed by atoms with E-state index in [2.05, 4.69) is 25.6 Å². The molecule has 2 N–H and O–H groups in total. The van der Waals surface area contributed by atoms with Crippen LogP contribution in [0.4, 0.5) is 5.69 Å². The molecule has 0 fully saturated rings. The average Bonchev–Trinajstić information content (AvgIpc) is 2.35. The zero-order chi connectivity index (χ0) is 14.0. The molecule has 0 unspecified atom stereocenters. The van der Waals surface area contributed by atoms with E-state index in [4.69, 9.17) is 11.6 Å². The van der Waals surface area contributed by atoms with Crippen LogP contribution in [0.25, 0.3) is 0 Å². The Bertz CT molecular complexity index is 722. The smallest absolute Gasteiger partial charge is 0.263 e. The molecular formula is C11H8BrClN2O3S. The van der Waals surface area contributed by atoms with E-state index < -0.39 is 10.0 Å². The van der Waals surface area contributed by atoms with Gasteiger partial charge in [0.15, 0.2) is 0 Å². The van der Waals surface area contributed by atoms with Crippen molar-refractivity contribution in [2.75, 3.05) is 4.72 Å². The lowest BCUT2D eigenvalue weighted by Gasteiger charge is -2.09. The number of anilines is 1. The predicted octanol–water partition coefficient (Wildman–Crippen LogP) is 3.00. The first-order valence-corrected chi connectivity index (χ1v) is 7.67. The number of nitrogens with one attached hydrogen (secondary N) is 1. The Hall–Kier alpha value is -1.31. The summed E-state index contributed by atoms with van der Waals surface area (Å²) in [6.07, 6.45) is 1.13. The number of hydrogen-bond donors (Lipinski definition) is 2. The van der Waals surface area contributed by atoms with E-state index >= 15 is 0 Å². The third-order valence-corrected chi connectivity index (χ3v) is 4.70. The second-order valence-electron chi connectivity index (χ2n) is 3.57. The van der Waals surface area contributed by atoms with Gasteiger partial charge in [0.05, 0.1) is 10.2 Å². The van der Waals surface area contributed by atoms with Crippen molar-refractivity contribution in [2.45, 2.75) is 4.90 Å². The zero-order valence-electron chi connectivity index (χ0n) is 9.34. The maximum absolute atomic E-state index is 12.1. The molecule has 19 heavy (non-hydrogen) atoms. The molecule has 0 radical (unpaired) electrons. The second-order valence-corrected chi connectivity index (χ2v) is 6.46. The van der Waals surface area contributed by atoms with Gasteiger partial charge in [0.2, 0.25) is 0 Å². The Morgan fingerprint density at radius 3 is 2.63 bits per heavy atom. The van der Waals surface area contributed by atoms with E-state index in [-0.39, 0.29) is 21.5 Å². The number of aromatic nitrogens is 1. The number of sulfonamides is 1. The highest BCUT2D eigenvalue weighted by Crippen LogP contribution is 2.27. The predicted molar refractivity (Wildman–Crippen MR) is 75.9 cm³/mol. The summed E-state index contributed by atoms with van der Waals surface area (Å²) in [5, 5.41) is 9.71. The fourth-order valence-corrected chi connectivity index (χ4v) is 2.96. The minimum Gasteiger partial charge on any atom is -0.506 e. The van der Waals surface area contributed by atoms with Gasteiger partial charge in [0.25, 0.3) is 10.0 Å². The van der Waals surface area contributed by atoms with E-state index in [0.29, 0.717) is 4.47 Å². The van der Waals surface area contributed by atoms with Gasteiger partial charge in [-0.05, 0) is 34.1 Å². The first-order chi connectivity index (χ1) is 8.90. The molecular weight excluding hydrogens is 356 g/mol. The van der Waals surface area contributed by atoms with Crippen molar-refractivity contribution in [3.05, 3.63) is 46.2 Å². The van der Waals surface area contributed by atoms with Crippen LogP contribution in [0.3, 0.4) is 0 Å². The number of aromatic hydroxyl groups is 1. The molecule has 0 saturated carbocycles. The Morgan fingerprint density at radius 2 is 2.00 bits per heavy atom. The highest BCUT2D eigenvalue weighted by molar-refractivity contribution is 9.10. The third-order valence-electron chi connectivity index (χ3n) is 2.23. The van der Waals surface area contributed by atoms with Crippen molar-refractivity contribution in [3.63, 3.8) is 0 Å². The maximum atomic E-state index is 12.1. The number of para-hydroxylation sites is 2. The van der Waals surface area contributed by atoms with Crippen LogP contribution >= 0.6 is 27.5 Å². The van der Waals surface area contributed by atoms with Gasteiger partial charge in [-0.15, -0.1) is 0 Å². The fourth-order valence-electron chi connectivity index (χ4n) is 1.31. The molecule has 0 atom stereocenters. The lowest BCUT2D eigenvalue weighted by atomic mass is 10.3. The molecule has 100 valence electrons. The van der Waals surface area contributed by atoms with E-state index in [0.717, 1.165) is 6.20 Å². The lowest BCUT2D eigenvalue weighted by molar-refractivity contribution is 0.477. The van der Waals surface area contributed by atoms with E-state index in [1.807, 2.05) is 0 Å². The van der Waals surface area contributed by atoms with Crippen molar-refractivity contribution < 1.29 is 13.5 Å². The van der Waals surface area contributed by atoms with Crippen molar-refractivity contribution in [1.29, 1.82) is 0 Å². The summed E-state index contributed by atoms with van der Waals surface area (Å²) in [7, 11) is -3.84. The van der Waals surface area contributed by atoms with Gasteiger partial charge >= 0.3 is 0 Å². The number of halogens is 2. The first-order valence-electron chi connectivity index (χ1n) is 5.02. The number of phenolic OH excluding ortho intramolecular Hbond substituents is 1. The molecule has 0 aliphatic heterocycles. The SMILES string of the molecule is O=S(=O)(Nc1ccccc1O)c1cnc(Cl)c(Br)c1. The Labute approximate surface area is 123 Å². The highest BCUT2D eigenvalue weighted by atomic mass is 79.9. The van der Waals surface area contributed by atoms with E-state index in [1.54, 1.807) is 12.1 Å². The number of hydrogen-bond acceptors (Lipinski definition) is 4. The molecule has 0 spiro atoms. The number of phenols is 1. The van der Waals surface area contributed by atoms with Crippen LogP contribution in [0.1, 0.15) is 0 Å². The molecule has 1 heterocycles. The molecule has 0 saturated heterocycles. The van der Waals surface area contributed by atoms with Gasteiger partial charge in [0.1, 0.15) is 15.8 Å². The molecule has 0 bridgehead atoms. The largest absolute Gasteiger partial charge is 0.506 e. The Morgan fingerprint density at radius 1 is 1.32 bits per heavy atom. The minimum absolute atomic E-state index is 0.0629. The molecule has 5 nitrogen and oxygen atoms in total. The standard InChI is InChI=1S/C11H8BrClN2O3S/c12-8-5-7(6-14-11(8)13)19(17,18)15-9-3-1-2-4-10(9)16/h1-6,15-16H. The summed E-state index contributed by atoms with van der Waals surface area (Å²) in [6.45, 7) is 0. The van der Waals surface area contributed by atoms with Gasteiger partial charge < -0.3 is 5.11 Å². The molecule has 0 aliphatic rings. The van der Waals surface area contributed by atoms with E-state index in [9.17, 15) is 13.5 Å². The zero-order valence-corrected chi connectivity index (χ0v) is 12.5. The quantitative estimate of drug-likeness (QED) is 0.649. The molecule has 0 amide bonds. The summed E-state index contributed by atoms with van der Waals surface area (Å²) in [4.78, 5) is 3.68. The second kappa shape index (κ2) is 5.36. The molecule has 2 rings (SSSR count). The van der Waals surface area contributed by atoms with Gasteiger partial charge in [-0.3, -0.25) is 4.72 Å². The van der Waals surface area contributed by atoms with Gasteiger partial charge in [-0.2, -0.15) is 0 Å². The van der Waals surface area contributed by atoms with E-state index in [1.165, 1.54) is 18.2 Å². The van der Waals surface area contributed by atoms with Crippen LogP contribution in [0.15, 0.2) is 45.9 Å². The normalized spacial score (nSPS) is 11.3. The minimum atomic E-state index is -3.84. The van der Waals surface area contributed by atoms with Crippen LogP contribution in [0.2, 0.25) is 5.15 Å². The summed E-state index contributed by atoms with van der Waals surface area (Å²) in [6, 6.07) is 7.36. The topological polar surface area (TPSA) is 79.3 Å². The van der Waals surface area contributed by atoms with Crippen LogP contribution in [0.5, 0.6) is 5.75 Å². The van der Waals surface area contributed by atoms with Crippen LogP contribution in [-0.2, 0) is 10.0 Å². The summed E-state index contributed by atoms with van der Waals surface area (Å²) in [5.41, 5.74) is 0.0913. The molecule has 1 aromatic carbocycles. The number of pyridine rings is 1. The number of benzene rings is 1. The van der Waals surface area contributed by atoms with Crippen LogP contribution < -0.4 is 4.72 Å². The number of nitrogens with zero attached hydrogens (tertiary/aromatic N) is 1. The van der Waals surface area contributed by atoms with Gasteiger partial charge in [-0.1, -0.05) is 23.7 Å². The Kier molecular flexibility index (Phi) is 3.98. The average molecular weight is 364 g/mol. The van der Waals surface area contributed by atoms with Gasteiger partial charge in [0, 0.05) is 6.20 Å². The van der Waals surface area contributed by atoms with Crippen molar-refractivity contribution >= 4 is 43.2 Å². The summed E-state index contributed by atoms with van der Waals surface area (Å²) in [5.74, 6) is -0.160. The van der Waals surface area contributed by atoms with Crippen molar-refractivity contribution in [1.82, 2.24) is 4.98 Å².